The zero-order valence-electron chi connectivity index (χ0n) is 22.7. The number of allylic oxidation sites excluding steroid dienone is 7. The second-order valence-electron chi connectivity index (χ2n) is 9.33. The van der Waals surface area contributed by atoms with Crippen LogP contribution < -0.4 is 21.3 Å². The van der Waals surface area contributed by atoms with E-state index in [1.165, 1.54) is 17.5 Å². The van der Waals surface area contributed by atoms with Crippen molar-refractivity contribution in [2.45, 2.75) is 38.9 Å². The van der Waals surface area contributed by atoms with Crippen LogP contribution in [0.15, 0.2) is 88.6 Å². The zero-order chi connectivity index (χ0) is 28.8. The van der Waals surface area contributed by atoms with Crippen molar-refractivity contribution in [3.05, 3.63) is 94.3 Å². The molecule has 1 amide bonds. The van der Waals surface area contributed by atoms with Crippen LogP contribution in [0.1, 0.15) is 38.4 Å². The molecular formula is C28H30ClN9O2S. The van der Waals surface area contributed by atoms with E-state index in [0.717, 1.165) is 29.9 Å². The molecule has 1 aliphatic heterocycles. The second kappa shape index (κ2) is 12.9. The van der Waals surface area contributed by atoms with Gasteiger partial charge in [0.05, 0.1) is 34.7 Å². The van der Waals surface area contributed by atoms with E-state index >= 15 is 0 Å². The number of likely N-dealkylation sites (N-methyl/N-ethyl adjacent to an activating group) is 1. The largest absolute Gasteiger partial charge is 0.430 e. The van der Waals surface area contributed by atoms with Crippen LogP contribution in [0.4, 0.5) is 5.13 Å². The summed E-state index contributed by atoms with van der Waals surface area (Å²) < 4.78 is 6.00. The Bertz CT molecular complexity index is 1550. The summed E-state index contributed by atoms with van der Waals surface area (Å²) in [6.07, 6.45) is 10.5. The first-order chi connectivity index (χ1) is 19.9. The average Bonchev–Trinajstić information content (AvgIpc) is 3.56. The smallest absolute Gasteiger partial charge is 0.296 e. The maximum atomic E-state index is 13.8. The molecule has 11 nitrogen and oxygen atoms in total. The Morgan fingerprint density at radius 1 is 1.15 bits per heavy atom. The number of rotatable bonds is 9. The third-order valence-corrected chi connectivity index (χ3v) is 7.55. The van der Waals surface area contributed by atoms with E-state index in [1.54, 1.807) is 7.05 Å². The standard InChI is InChI=1S/C28H30ClN9O2S/c1-16(32-17(2)33-27-34-19-11-7-8-12-20(40-27)14-13-19)22(24(30-3)23-21(29)15-31-36-23)25(39)35-28-38-37-26(41-28)18-9-5-4-6-10-18/h4-12,15,17,24,30,32H,13-14H2,1-3H3,(H,31,36)(H,33,34)(H,35,38,39)/b8-7?,19-11?,20-12?,22-16+. The van der Waals surface area contributed by atoms with Gasteiger partial charge in [0.15, 0.2) is 0 Å². The predicted molar refractivity (Wildman–Crippen MR) is 161 cm³/mol. The number of hydrogen-bond donors (Lipinski definition) is 5. The van der Waals surface area contributed by atoms with E-state index in [0.29, 0.717) is 38.1 Å². The van der Waals surface area contributed by atoms with Crippen LogP contribution in [0.5, 0.6) is 0 Å². The highest BCUT2D eigenvalue weighted by molar-refractivity contribution is 7.18. The Hall–Kier alpha value is -4.26. The van der Waals surface area contributed by atoms with Gasteiger partial charge in [-0.2, -0.15) is 5.10 Å². The van der Waals surface area contributed by atoms with Crippen LogP contribution in [0.2, 0.25) is 5.02 Å². The number of H-pyrrole nitrogens is 1. The van der Waals surface area contributed by atoms with Crippen LogP contribution in [0, 0.1) is 0 Å². The molecule has 2 unspecified atom stereocenters. The first-order valence-electron chi connectivity index (χ1n) is 13.0. The topological polar surface area (TPSA) is 141 Å². The molecule has 1 aliphatic carbocycles. The SMILES string of the molecule is CNC(/C(C(=O)Nc1nnc(-c2ccccc2)s1)=C(/C)NC(C)NC1=NC2=CC=CC=C(CC2)O1)c1[nH]ncc1Cl. The Labute approximate surface area is 246 Å². The summed E-state index contributed by atoms with van der Waals surface area (Å²) in [4.78, 5) is 18.4. The van der Waals surface area contributed by atoms with Crippen LogP contribution in [-0.4, -0.2) is 45.5 Å². The van der Waals surface area contributed by atoms with Gasteiger partial charge in [-0.25, -0.2) is 4.99 Å². The number of aromatic nitrogens is 4. The summed E-state index contributed by atoms with van der Waals surface area (Å²) in [6.45, 7) is 3.73. The van der Waals surface area contributed by atoms with E-state index in [1.807, 2.05) is 68.5 Å². The lowest BCUT2D eigenvalue weighted by Gasteiger charge is -2.25. The van der Waals surface area contributed by atoms with Gasteiger partial charge in [-0.05, 0) is 39.5 Å². The minimum atomic E-state index is -0.609. The molecule has 3 aromatic rings. The molecule has 5 N–H and O–H groups in total. The molecule has 13 heteroatoms. The number of nitrogens with one attached hydrogen (secondary N) is 5. The van der Waals surface area contributed by atoms with Gasteiger partial charge in [0, 0.05) is 23.4 Å². The normalized spacial score (nSPS) is 16.5. The highest BCUT2D eigenvalue weighted by Gasteiger charge is 2.29. The van der Waals surface area contributed by atoms with Gasteiger partial charge in [-0.1, -0.05) is 65.4 Å². The average molecular weight is 592 g/mol. The lowest BCUT2D eigenvalue weighted by atomic mass is 10.0. The van der Waals surface area contributed by atoms with E-state index in [2.05, 4.69) is 46.7 Å². The van der Waals surface area contributed by atoms with Gasteiger partial charge in [0.1, 0.15) is 10.8 Å². The minimum Gasteiger partial charge on any atom is -0.430 e. The molecule has 1 aromatic carbocycles. The Balaban J connectivity index is 1.39. The molecule has 0 fully saturated rings. The van der Waals surface area contributed by atoms with Crippen LogP contribution in [0.3, 0.4) is 0 Å². The number of carbonyl (C=O) groups is 1. The van der Waals surface area contributed by atoms with Gasteiger partial charge in [-0.3, -0.25) is 15.2 Å². The summed E-state index contributed by atoms with van der Waals surface area (Å²) >= 11 is 7.71. The molecule has 212 valence electrons. The molecule has 41 heavy (non-hydrogen) atoms. The minimum absolute atomic E-state index is 0.355. The number of fused-ring (bicyclic) bond motifs is 3. The van der Waals surface area contributed by atoms with Crippen LogP contribution in [0.25, 0.3) is 10.6 Å². The van der Waals surface area contributed by atoms with Crippen molar-refractivity contribution in [3.63, 3.8) is 0 Å². The third kappa shape index (κ3) is 6.91. The lowest BCUT2D eigenvalue weighted by molar-refractivity contribution is -0.113. The number of carbonyl (C=O) groups excluding carboxylic acids is 1. The van der Waals surface area contributed by atoms with Gasteiger partial charge < -0.3 is 20.7 Å². The van der Waals surface area contributed by atoms with Gasteiger partial charge in [-0.15, -0.1) is 10.2 Å². The second-order valence-corrected chi connectivity index (χ2v) is 10.7. The Morgan fingerprint density at radius 2 is 1.95 bits per heavy atom. The number of ether oxygens (including phenoxy) is 1. The van der Waals surface area contributed by atoms with E-state index in [4.69, 9.17) is 16.3 Å². The summed E-state index contributed by atoms with van der Waals surface area (Å²) in [5.74, 6) is 0.449. The highest BCUT2D eigenvalue weighted by Crippen LogP contribution is 2.30. The number of amides is 1. The molecule has 0 radical (unpaired) electrons. The van der Waals surface area contributed by atoms with Crippen molar-refractivity contribution in [1.82, 2.24) is 36.3 Å². The molecule has 2 atom stereocenters. The number of nitrogens with zero attached hydrogens (tertiary/aromatic N) is 4. The third-order valence-electron chi connectivity index (χ3n) is 6.36. The Kier molecular flexibility index (Phi) is 8.92. The van der Waals surface area contributed by atoms with Gasteiger partial charge in [0.2, 0.25) is 5.13 Å². The molecule has 0 saturated carbocycles. The summed E-state index contributed by atoms with van der Waals surface area (Å²) in [6, 6.07) is 9.44. The highest BCUT2D eigenvalue weighted by atomic mass is 35.5. The number of benzene rings is 1. The monoisotopic (exact) mass is 591 g/mol. The molecule has 0 spiro atoms. The van der Waals surface area contributed by atoms with Crippen molar-refractivity contribution < 1.29 is 9.53 Å². The maximum absolute atomic E-state index is 13.8. The van der Waals surface area contributed by atoms with Crippen molar-refractivity contribution in [3.8, 4) is 10.6 Å². The van der Waals surface area contributed by atoms with E-state index in [9.17, 15) is 4.79 Å². The number of aliphatic imine (C=N–C) groups is 1. The van der Waals surface area contributed by atoms with E-state index < -0.39 is 6.04 Å². The zero-order valence-corrected chi connectivity index (χ0v) is 24.3. The van der Waals surface area contributed by atoms with Crippen LogP contribution in [-0.2, 0) is 9.53 Å². The van der Waals surface area contributed by atoms with Crippen molar-refractivity contribution in [1.29, 1.82) is 0 Å². The van der Waals surface area contributed by atoms with Crippen LogP contribution >= 0.6 is 22.9 Å². The number of anilines is 1. The molecule has 2 aromatic heterocycles. The predicted octanol–water partition coefficient (Wildman–Crippen LogP) is 4.78. The molecular weight excluding hydrogens is 562 g/mol. The van der Waals surface area contributed by atoms with Gasteiger partial charge >= 0.3 is 0 Å². The van der Waals surface area contributed by atoms with Crippen molar-refractivity contribution >= 4 is 40.0 Å². The lowest BCUT2D eigenvalue weighted by Crippen LogP contribution is -2.44. The molecule has 2 aliphatic rings. The number of hydrogen-bond acceptors (Lipinski definition) is 10. The fourth-order valence-corrected chi connectivity index (χ4v) is 5.40. The van der Waals surface area contributed by atoms with Gasteiger partial charge in [0.25, 0.3) is 11.9 Å². The first-order valence-corrected chi connectivity index (χ1v) is 14.2. The quantitative estimate of drug-likeness (QED) is 0.177. The van der Waals surface area contributed by atoms with E-state index in [-0.39, 0.29) is 12.1 Å². The maximum Gasteiger partial charge on any atom is 0.296 e. The molecule has 2 bridgehead atoms. The summed E-state index contributed by atoms with van der Waals surface area (Å²) in [5, 5.41) is 29.6. The number of halogens is 1. The van der Waals surface area contributed by atoms with Crippen molar-refractivity contribution in [2.24, 2.45) is 4.99 Å². The summed E-state index contributed by atoms with van der Waals surface area (Å²) in [7, 11) is 1.74. The molecule has 0 saturated heterocycles. The first kappa shape index (κ1) is 28.3. The fraction of sp³-hybridized carbons (Fsp3) is 0.250. The van der Waals surface area contributed by atoms with Crippen molar-refractivity contribution in [2.75, 3.05) is 12.4 Å². The molecule has 5 rings (SSSR count). The summed E-state index contributed by atoms with van der Waals surface area (Å²) in [5.41, 5.74) is 3.36. The number of aromatic amines is 1. The Morgan fingerprint density at radius 3 is 2.71 bits per heavy atom. The number of amidine groups is 1. The molecule has 3 heterocycles. The fourth-order valence-electron chi connectivity index (χ4n) is 4.46.